The van der Waals surface area contributed by atoms with E-state index >= 15 is 0 Å². The number of ketones is 1. The van der Waals surface area contributed by atoms with Crippen molar-refractivity contribution in [2.45, 2.75) is 33.6 Å². The largest absolute Gasteiger partial charge is 0.390 e. The number of rotatable bonds is 5. The topological polar surface area (TPSA) is 37.4 Å². The molecule has 0 aliphatic carbocycles. The third-order valence-corrected chi connectivity index (χ3v) is 1.65. The van der Waals surface area contributed by atoms with Gasteiger partial charge in [0, 0.05) is 6.42 Å². The molecule has 1 amide bonds. The Labute approximate surface area is 80.9 Å². The van der Waals surface area contributed by atoms with Gasteiger partial charge < -0.3 is 4.81 Å². The highest BCUT2D eigenvalue weighted by atomic mass is 16.2. The molecule has 72 valence electrons. The van der Waals surface area contributed by atoms with Gasteiger partial charge in [-0.05, 0) is 19.3 Å². The molecule has 0 aromatic rings. The van der Waals surface area contributed by atoms with Crippen molar-refractivity contribution in [1.29, 1.82) is 0 Å². The van der Waals surface area contributed by atoms with Crippen LogP contribution >= 0.6 is 0 Å². The normalized spacial score (nSPS) is 10.2. The van der Waals surface area contributed by atoms with Gasteiger partial charge in [0.05, 0.1) is 6.54 Å². The average molecular weight is 181 g/mol. The highest BCUT2D eigenvalue weighted by Crippen LogP contribution is 2.04. The van der Waals surface area contributed by atoms with Crippen molar-refractivity contribution < 1.29 is 9.59 Å². The van der Waals surface area contributed by atoms with Crippen molar-refractivity contribution in [3.05, 3.63) is 0 Å². The predicted molar refractivity (Wildman–Crippen MR) is 52.2 cm³/mol. The maximum atomic E-state index is 11.2. The maximum Gasteiger partial charge on any atom is 0.231 e. The molecule has 0 aliphatic rings. The van der Waals surface area contributed by atoms with Crippen LogP contribution in [0.2, 0.25) is 0 Å². The van der Waals surface area contributed by atoms with Crippen LogP contribution in [0.25, 0.3) is 0 Å². The second-order valence-corrected chi connectivity index (χ2v) is 3.66. The first-order chi connectivity index (χ1) is 5.93. The number of hydrogen-bond donors (Lipinski definition) is 0. The summed E-state index contributed by atoms with van der Waals surface area (Å²) in [5, 5.41) is 0. The number of amides is 1. The molecule has 0 aromatic carbocycles. The van der Waals surface area contributed by atoms with Gasteiger partial charge in [-0.2, -0.15) is 0 Å². The fourth-order valence-corrected chi connectivity index (χ4v) is 0.884. The van der Waals surface area contributed by atoms with Crippen LogP contribution in [0, 0.1) is 5.92 Å². The summed E-state index contributed by atoms with van der Waals surface area (Å²) < 4.78 is 0. The molecular weight excluding hydrogens is 165 g/mol. The molecule has 0 N–H and O–H groups in total. The smallest absolute Gasteiger partial charge is 0.231 e. The SMILES string of the molecule is [B]N(CC(C)=O)C(=O)CCC(C)C. The Balaban J connectivity index is 3.76. The molecule has 3 nitrogen and oxygen atoms in total. The van der Waals surface area contributed by atoms with Crippen molar-refractivity contribution in [3.8, 4) is 0 Å². The summed E-state index contributed by atoms with van der Waals surface area (Å²) in [4.78, 5) is 22.8. The van der Waals surface area contributed by atoms with E-state index in [0.717, 1.165) is 11.2 Å². The molecule has 0 heterocycles. The highest BCUT2D eigenvalue weighted by molar-refractivity contribution is 6.15. The van der Waals surface area contributed by atoms with Gasteiger partial charge in [-0.1, -0.05) is 13.8 Å². The molecule has 0 atom stereocenters. The molecular formula is C9H16BNO2. The fraction of sp³-hybridized carbons (Fsp3) is 0.778. The first kappa shape index (κ1) is 12.2. The first-order valence-corrected chi connectivity index (χ1v) is 4.48. The van der Waals surface area contributed by atoms with Crippen LogP contribution in [0.4, 0.5) is 0 Å². The molecule has 4 heteroatoms. The lowest BCUT2D eigenvalue weighted by Crippen LogP contribution is -2.32. The molecule has 0 bridgehead atoms. The van der Waals surface area contributed by atoms with Crippen LogP contribution in [0.15, 0.2) is 0 Å². The van der Waals surface area contributed by atoms with Crippen molar-refractivity contribution in [2.75, 3.05) is 6.54 Å². The Morgan fingerprint density at radius 2 is 1.92 bits per heavy atom. The number of nitrogens with zero attached hydrogens (tertiary/aromatic N) is 1. The van der Waals surface area contributed by atoms with Crippen LogP contribution in [0.3, 0.4) is 0 Å². The van der Waals surface area contributed by atoms with Crippen LogP contribution in [-0.2, 0) is 9.59 Å². The van der Waals surface area contributed by atoms with Crippen molar-refractivity contribution in [3.63, 3.8) is 0 Å². The van der Waals surface area contributed by atoms with E-state index in [0.29, 0.717) is 12.3 Å². The molecule has 13 heavy (non-hydrogen) atoms. The molecule has 2 radical (unpaired) electrons. The second-order valence-electron chi connectivity index (χ2n) is 3.66. The molecule has 0 spiro atoms. The summed E-state index contributed by atoms with van der Waals surface area (Å²) in [5.41, 5.74) is 0. The quantitative estimate of drug-likeness (QED) is 0.591. The van der Waals surface area contributed by atoms with Gasteiger partial charge in [0.2, 0.25) is 13.9 Å². The number of carbonyl (C=O) groups excluding carboxylic acids is 2. The van der Waals surface area contributed by atoms with Crippen molar-refractivity contribution in [2.24, 2.45) is 5.92 Å². The minimum atomic E-state index is -0.163. The molecule has 0 saturated carbocycles. The summed E-state index contributed by atoms with van der Waals surface area (Å²) in [6.45, 7) is 5.50. The molecule has 0 fully saturated rings. The minimum absolute atomic E-state index is 0.0108. The maximum absolute atomic E-state index is 11.2. The van der Waals surface area contributed by atoms with Gasteiger partial charge in [-0.15, -0.1) is 0 Å². The monoisotopic (exact) mass is 181 g/mol. The first-order valence-electron chi connectivity index (χ1n) is 4.48. The van der Waals surface area contributed by atoms with E-state index in [2.05, 4.69) is 0 Å². The zero-order chi connectivity index (χ0) is 10.4. The van der Waals surface area contributed by atoms with Crippen molar-refractivity contribution >= 4 is 19.7 Å². The minimum Gasteiger partial charge on any atom is -0.390 e. The second kappa shape index (κ2) is 5.78. The lowest BCUT2D eigenvalue weighted by Gasteiger charge is -2.16. The van der Waals surface area contributed by atoms with Crippen molar-refractivity contribution in [1.82, 2.24) is 4.81 Å². The van der Waals surface area contributed by atoms with Gasteiger partial charge in [0.1, 0.15) is 5.78 Å². The fourth-order valence-electron chi connectivity index (χ4n) is 0.884. The molecule has 0 rings (SSSR count). The predicted octanol–water partition coefficient (Wildman–Crippen LogP) is 0.924. The van der Waals surface area contributed by atoms with Crippen LogP contribution in [-0.4, -0.2) is 31.0 Å². The van der Waals surface area contributed by atoms with Gasteiger partial charge >= 0.3 is 0 Å². The Morgan fingerprint density at radius 1 is 1.38 bits per heavy atom. The molecule has 0 saturated heterocycles. The van der Waals surface area contributed by atoms with E-state index < -0.39 is 0 Å². The van der Waals surface area contributed by atoms with E-state index in [1.807, 2.05) is 13.8 Å². The molecule has 0 aromatic heterocycles. The van der Waals surface area contributed by atoms with Crippen LogP contribution < -0.4 is 0 Å². The van der Waals surface area contributed by atoms with Gasteiger partial charge in [-0.25, -0.2) is 0 Å². The Morgan fingerprint density at radius 3 is 2.31 bits per heavy atom. The van der Waals surface area contributed by atoms with Gasteiger partial charge in [0.15, 0.2) is 0 Å². The average Bonchev–Trinajstić information content (AvgIpc) is 1.98. The number of hydrogen-bond acceptors (Lipinski definition) is 2. The summed E-state index contributed by atoms with van der Waals surface area (Å²) in [5.74, 6) is 0.221. The number of carbonyl (C=O) groups is 2. The third kappa shape index (κ3) is 6.37. The molecule has 0 unspecified atom stereocenters. The summed E-state index contributed by atoms with van der Waals surface area (Å²) in [6.07, 6.45) is 1.23. The Hall–Kier alpha value is -0.795. The number of Topliss-reactive ketones (excluding diaryl/α,β-unsaturated/α-hetero) is 1. The van der Waals surface area contributed by atoms with E-state index in [9.17, 15) is 9.59 Å². The zero-order valence-corrected chi connectivity index (χ0v) is 8.54. The standard InChI is InChI=1S/C9H16BNO2/c1-7(2)4-5-9(13)11(10)6-8(3)12/h7H,4-6H2,1-3H3. The summed E-state index contributed by atoms with van der Waals surface area (Å²) in [7, 11) is 5.37. The van der Waals surface area contributed by atoms with Gasteiger partial charge in [0.25, 0.3) is 0 Å². The Kier molecular flexibility index (Phi) is 5.43. The molecule has 0 aliphatic heterocycles. The lowest BCUT2D eigenvalue weighted by atomic mass is 10.1. The zero-order valence-electron chi connectivity index (χ0n) is 8.54. The summed E-state index contributed by atoms with van der Waals surface area (Å²) >= 11 is 0. The van der Waals surface area contributed by atoms with E-state index in [4.69, 9.17) is 7.98 Å². The summed E-state index contributed by atoms with van der Waals surface area (Å²) in [6, 6.07) is 0. The van der Waals surface area contributed by atoms with Crippen LogP contribution in [0.5, 0.6) is 0 Å². The van der Waals surface area contributed by atoms with Crippen LogP contribution in [0.1, 0.15) is 33.6 Å². The highest BCUT2D eigenvalue weighted by Gasteiger charge is 2.09. The van der Waals surface area contributed by atoms with Gasteiger partial charge in [-0.3, -0.25) is 9.59 Å². The van der Waals surface area contributed by atoms with E-state index in [-0.39, 0.29) is 18.2 Å². The third-order valence-electron chi connectivity index (χ3n) is 1.65. The Bertz CT molecular complexity index is 192. The van der Waals surface area contributed by atoms with E-state index in [1.165, 1.54) is 6.92 Å². The lowest BCUT2D eigenvalue weighted by molar-refractivity contribution is -0.130. The van der Waals surface area contributed by atoms with E-state index in [1.54, 1.807) is 0 Å².